The average molecular weight is 329 g/mol. The van der Waals surface area contributed by atoms with Crippen LogP contribution in [0.4, 0.5) is 5.69 Å². The molecule has 0 aliphatic carbocycles. The van der Waals surface area contributed by atoms with Crippen LogP contribution in [0.5, 0.6) is 17.2 Å². The summed E-state index contributed by atoms with van der Waals surface area (Å²) in [6.45, 7) is 1.70. The predicted octanol–water partition coefficient (Wildman–Crippen LogP) is 2.06. The van der Waals surface area contributed by atoms with Crippen molar-refractivity contribution in [3.8, 4) is 17.2 Å². The minimum absolute atomic E-state index is 0.0500. The summed E-state index contributed by atoms with van der Waals surface area (Å²) in [4.78, 5) is 12.0. The van der Waals surface area contributed by atoms with Gasteiger partial charge in [0.1, 0.15) is 23.3 Å². The number of hydrogen-bond acceptors (Lipinski definition) is 6. The summed E-state index contributed by atoms with van der Waals surface area (Å²) < 4.78 is 5.07. The standard InChI is InChI=1S/C17H19N3O4/c1-11(19-13-4-7-15(24-2)8-5-13)17(23)20-18-10-12-3-6-14(21)9-16(12)22/h3-11,19,21-22H,1-2H3,(H,20,23). The number of ether oxygens (including phenoxy) is 1. The lowest BCUT2D eigenvalue weighted by Crippen LogP contribution is -2.34. The molecule has 4 N–H and O–H groups in total. The summed E-state index contributed by atoms with van der Waals surface area (Å²) in [6, 6.07) is 10.8. The Bertz CT molecular complexity index is 729. The molecule has 7 heteroatoms. The number of aromatic hydroxyl groups is 2. The van der Waals surface area contributed by atoms with Gasteiger partial charge in [-0.05, 0) is 43.3 Å². The number of hydrogen-bond donors (Lipinski definition) is 4. The van der Waals surface area contributed by atoms with Crippen LogP contribution >= 0.6 is 0 Å². The second kappa shape index (κ2) is 7.87. The molecule has 0 saturated carbocycles. The molecule has 1 amide bonds. The van der Waals surface area contributed by atoms with Crippen molar-refractivity contribution >= 4 is 17.8 Å². The van der Waals surface area contributed by atoms with Gasteiger partial charge >= 0.3 is 0 Å². The Morgan fingerprint density at radius 1 is 1.21 bits per heavy atom. The minimum Gasteiger partial charge on any atom is -0.508 e. The fraction of sp³-hybridized carbons (Fsp3) is 0.176. The molecule has 1 unspecified atom stereocenters. The van der Waals surface area contributed by atoms with E-state index in [2.05, 4.69) is 15.8 Å². The van der Waals surface area contributed by atoms with E-state index < -0.39 is 6.04 Å². The highest BCUT2D eigenvalue weighted by molar-refractivity contribution is 5.87. The van der Waals surface area contributed by atoms with Crippen molar-refractivity contribution in [2.75, 3.05) is 12.4 Å². The largest absolute Gasteiger partial charge is 0.508 e. The van der Waals surface area contributed by atoms with Gasteiger partial charge in [0, 0.05) is 17.3 Å². The van der Waals surface area contributed by atoms with E-state index in [0.717, 1.165) is 11.4 Å². The Morgan fingerprint density at radius 3 is 2.54 bits per heavy atom. The van der Waals surface area contributed by atoms with E-state index in [1.54, 1.807) is 38.3 Å². The second-order valence-corrected chi connectivity index (χ2v) is 5.07. The van der Waals surface area contributed by atoms with Gasteiger partial charge < -0.3 is 20.3 Å². The first-order valence-corrected chi connectivity index (χ1v) is 7.25. The Hall–Kier alpha value is -3.22. The average Bonchev–Trinajstić information content (AvgIpc) is 2.57. The number of methoxy groups -OCH3 is 1. The van der Waals surface area contributed by atoms with E-state index in [1.165, 1.54) is 24.4 Å². The second-order valence-electron chi connectivity index (χ2n) is 5.07. The van der Waals surface area contributed by atoms with Crippen LogP contribution in [0.1, 0.15) is 12.5 Å². The van der Waals surface area contributed by atoms with Gasteiger partial charge in [0.05, 0.1) is 13.3 Å². The Kier molecular flexibility index (Phi) is 5.62. The summed E-state index contributed by atoms with van der Waals surface area (Å²) in [5, 5.41) is 25.7. The van der Waals surface area contributed by atoms with Crippen LogP contribution in [-0.4, -0.2) is 35.5 Å². The Balaban J connectivity index is 1.89. The molecule has 0 radical (unpaired) electrons. The number of nitrogens with one attached hydrogen (secondary N) is 2. The molecule has 2 aromatic carbocycles. The minimum atomic E-state index is -0.510. The van der Waals surface area contributed by atoms with Crippen molar-refractivity contribution in [3.05, 3.63) is 48.0 Å². The van der Waals surface area contributed by atoms with Gasteiger partial charge in [-0.15, -0.1) is 0 Å². The van der Waals surface area contributed by atoms with E-state index in [-0.39, 0.29) is 17.4 Å². The number of carbonyl (C=O) groups excluding carboxylic acids is 1. The summed E-state index contributed by atoms with van der Waals surface area (Å²) in [7, 11) is 1.59. The number of phenolic OH excluding ortho intramolecular Hbond substituents is 2. The molecule has 0 aliphatic heterocycles. The predicted molar refractivity (Wildman–Crippen MR) is 91.6 cm³/mol. The number of nitrogens with zero attached hydrogens (tertiary/aromatic N) is 1. The number of hydrazone groups is 1. The van der Waals surface area contributed by atoms with Crippen LogP contribution in [0.15, 0.2) is 47.6 Å². The maximum atomic E-state index is 12.0. The Morgan fingerprint density at radius 2 is 1.92 bits per heavy atom. The first kappa shape index (κ1) is 17.1. The van der Waals surface area contributed by atoms with E-state index in [4.69, 9.17) is 4.74 Å². The summed E-state index contributed by atoms with van der Waals surface area (Å²) in [5.41, 5.74) is 3.54. The number of benzene rings is 2. The van der Waals surface area contributed by atoms with E-state index in [1.807, 2.05) is 0 Å². The topological polar surface area (TPSA) is 103 Å². The first-order valence-electron chi connectivity index (χ1n) is 7.25. The van der Waals surface area contributed by atoms with Gasteiger partial charge in [-0.2, -0.15) is 5.10 Å². The van der Waals surface area contributed by atoms with Crippen LogP contribution in [0.25, 0.3) is 0 Å². The van der Waals surface area contributed by atoms with Crippen molar-refractivity contribution < 1.29 is 19.7 Å². The molecule has 0 spiro atoms. The van der Waals surface area contributed by atoms with Gasteiger partial charge in [0.25, 0.3) is 5.91 Å². The zero-order chi connectivity index (χ0) is 17.5. The molecule has 2 aromatic rings. The van der Waals surface area contributed by atoms with Crippen LogP contribution < -0.4 is 15.5 Å². The third-order valence-electron chi connectivity index (χ3n) is 3.26. The quantitative estimate of drug-likeness (QED) is 0.480. The third-order valence-corrected chi connectivity index (χ3v) is 3.26. The molecule has 0 aliphatic rings. The highest BCUT2D eigenvalue weighted by Gasteiger charge is 2.11. The number of carbonyl (C=O) groups is 1. The molecule has 0 heterocycles. The maximum Gasteiger partial charge on any atom is 0.262 e. The van der Waals surface area contributed by atoms with Crippen LogP contribution in [-0.2, 0) is 4.79 Å². The summed E-state index contributed by atoms with van der Waals surface area (Å²) in [6.07, 6.45) is 1.30. The number of amides is 1. The fourth-order valence-electron chi connectivity index (χ4n) is 1.91. The normalized spacial score (nSPS) is 11.9. The highest BCUT2D eigenvalue weighted by Crippen LogP contribution is 2.20. The van der Waals surface area contributed by atoms with Crippen molar-refractivity contribution in [3.63, 3.8) is 0 Å². The van der Waals surface area contributed by atoms with Gasteiger partial charge in [0.15, 0.2) is 0 Å². The number of phenols is 2. The molecular formula is C17H19N3O4. The molecule has 1 atom stereocenters. The van der Waals surface area contributed by atoms with E-state index >= 15 is 0 Å². The lowest BCUT2D eigenvalue weighted by Gasteiger charge is -2.13. The number of anilines is 1. The molecule has 0 aromatic heterocycles. The van der Waals surface area contributed by atoms with Crippen LogP contribution in [0.2, 0.25) is 0 Å². The van der Waals surface area contributed by atoms with E-state index in [0.29, 0.717) is 5.56 Å². The lowest BCUT2D eigenvalue weighted by atomic mass is 10.2. The van der Waals surface area contributed by atoms with Crippen molar-refractivity contribution in [1.82, 2.24) is 5.43 Å². The van der Waals surface area contributed by atoms with Gasteiger partial charge in [-0.25, -0.2) is 5.43 Å². The van der Waals surface area contributed by atoms with Crippen molar-refractivity contribution in [1.29, 1.82) is 0 Å². The molecule has 2 rings (SSSR count). The summed E-state index contributed by atoms with van der Waals surface area (Å²) in [5.74, 6) is 0.222. The lowest BCUT2D eigenvalue weighted by molar-refractivity contribution is -0.121. The summed E-state index contributed by atoms with van der Waals surface area (Å²) >= 11 is 0. The van der Waals surface area contributed by atoms with Gasteiger partial charge in [-0.1, -0.05) is 0 Å². The highest BCUT2D eigenvalue weighted by atomic mass is 16.5. The zero-order valence-corrected chi connectivity index (χ0v) is 13.4. The maximum absolute atomic E-state index is 12.0. The third kappa shape index (κ3) is 4.64. The molecule has 0 fully saturated rings. The Labute approximate surface area is 139 Å². The van der Waals surface area contributed by atoms with Crippen molar-refractivity contribution in [2.24, 2.45) is 5.10 Å². The molecule has 0 bridgehead atoms. The van der Waals surface area contributed by atoms with Crippen molar-refractivity contribution in [2.45, 2.75) is 13.0 Å². The molecular weight excluding hydrogens is 310 g/mol. The molecule has 7 nitrogen and oxygen atoms in total. The van der Waals surface area contributed by atoms with E-state index in [9.17, 15) is 15.0 Å². The first-order chi connectivity index (χ1) is 11.5. The van der Waals surface area contributed by atoms with Crippen LogP contribution in [0, 0.1) is 0 Å². The molecule has 0 saturated heterocycles. The monoisotopic (exact) mass is 329 g/mol. The molecule has 126 valence electrons. The SMILES string of the molecule is COc1ccc(NC(C)C(=O)NN=Cc2ccc(O)cc2O)cc1. The van der Waals surface area contributed by atoms with Gasteiger partial charge in [0.2, 0.25) is 0 Å². The van der Waals surface area contributed by atoms with Gasteiger partial charge in [-0.3, -0.25) is 4.79 Å². The number of rotatable bonds is 6. The molecule has 24 heavy (non-hydrogen) atoms. The smallest absolute Gasteiger partial charge is 0.262 e. The fourth-order valence-corrected chi connectivity index (χ4v) is 1.91. The van der Waals surface area contributed by atoms with Crippen LogP contribution in [0.3, 0.4) is 0 Å². The zero-order valence-electron chi connectivity index (χ0n) is 13.4.